The highest BCUT2D eigenvalue weighted by Gasteiger charge is 2.30. The Bertz CT molecular complexity index is 1850. The zero-order valence-electron chi connectivity index (χ0n) is 62.1. The number of unbranched alkanes of at least 4 members (excludes halogenated alkanes) is 42. The molecule has 0 saturated heterocycles. The van der Waals surface area contributed by atoms with E-state index in [0.717, 1.165) is 108 Å². The van der Waals surface area contributed by atoms with Gasteiger partial charge in [0.15, 0.2) is 12.2 Å². The molecule has 0 aliphatic rings. The lowest BCUT2D eigenvalue weighted by atomic mass is 10.0. The smallest absolute Gasteiger partial charge is 0.462 e. The fraction of sp³-hybridized carbons (Fsp3) is 0.947. The number of aliphatic hydroxyl groups excluding tert-OH is 1. The van der Waals surface area contributed by atoms with Gasteiger partial charge in [-0.1, -0.05) is 337 Å². The van der Waals surface area contributed by atoms with Crippen LogP contribution in [0.25, 0.3) is 0 Å². The zero-order chi connectivity index (χ0) is 70.1. The lowest BCUT2D eigenvalue weighted by Gasteiger charge is -2.21. The molecule has 0 aromatic rings. The second-order valence-electron chi connectivity index (χ2n) is 28.8. The number of carbonyl (C=O) groups excluding carboxylic acids is 4. The Hall–Kier alpha value is -1.94. The normalized spacial score (nSPS) is 14.1. The average molecular weight is 1400 g/mol. The third kappa shape index (κ3) is 70.3. The van der Waals surface area contributed by atoms with Gasteiger partial charge in [-0.05, 0) is 43.4 Å². The van der Waals surface area contributed by atoms with Gasteiger partial charge in [0, 0.05) is 25.7 Å². The van der Waals surface area contributed by atoms with Gasteiger partial charge in [-0.15, -0.1) is 0 Å². The number of hydrogen-bond acceptors (Lipinski definition) is 15. The van der Waals surface area contributed by atoms with Crippen LogP contribution >= 0.6 is 15.6 Å². The molecule has 0 fully saturated rings. The number of rotatable bonds is 74. The summed E-state index contributed by atoms with van der Waals surface area (Å²) in [6, 6.07) is 0. The predicted molar refractivity (Wildman–Crippen MR) is 386 cm³/mol. The molecule has 0 bridgehead atoms. The summed E-state index contributed by atoms with van der Waals surface area (Å²) in [7, 11) is -9.91. The minimum Gasteiger partial charge on any atom is -0.462 e. The molecule has 564 valence electrons. The molecular weight excluding hydrogens is 1250 g/mol. The molecule has 0 spiro atoms. The van der Waals surface area contributed by atoms with E-state index in [9.17, 15) is 43.2 Å². The van der Waals surface area contributed by atoms with Gasteiger partial charge in [0.25, 0.3) is 0 Å². The third-order valence-electron chi connectivity index (χ3n) is 17.6. The maximum absolute atomic E-state index is 13.1. The number of ether oxygens (including phenoxy) is 4. The molecule has 0 rings (SSSR count). The van der Waals surface area contributed by atoms with E-state index in [1.54, 1.807) is 0 Å². The predicted octanol–water partition coefficient (Wildman–Crippen LogP) is 22.2. The molecule has 0 aromatic carbocycles. The van der Waals surface area contributed by atoms with Crippen molar-refractivity contribution in [1.29, 1.82) is 0 Å². The average Bonchev–Trinajstić information content (AvgIpc) is 1.31. The second-order valence-corrected chi connectivity index (χ2v) is 31.7. The largest absolute Gasteiger partial charge is 0.472 e. The first-order valence-corrected chi connectivity index (χ1v) is 42.3. The van der Waals surface area contributed by atoms with Crippen molar-refractivity contribution in [3.05, 3.63) is 0 Å². The van der Waals surface area contributed by atoms with E-state index >= 15 is 0 Å². The van der Waals surface area contributed by atoms with Crippen LogP contribution in [0.4, 0.5) is 0 Å². The van der Waals surface area contributed by atoms with Gasteiger partial charge < -0.3 is 33.8 Å². The van der Waals surface area contributed by atoms with Crippen LogP contribution in [0.15, 0.2) is 0 Å². The number of esters is 4. The van der Waals surface area contributed by atoms with E-state index in [1.807, 2.05) is 0 Å². The number of carbonyl (C=O) groups is 4. The molecule has 0 radical (unpaired) electrons. The lowest BCUT2D eigenvalue weighted by molar-refractivity contribution is -0.161. The van der Waals surface area contributed by atoms with Crippen LogP contribution in [-0.4, -0.2) is 96.7 Å². The summed E-state index contributed by atoms with van der Waals surface area (Å²) >= 11 is 0. The molecule has 17 nitrogen and oxygen atoms in total. The van der Waals surface area contributed by atoms with Gasteiger partial charge in [-0.3, -0.25) is 37.3 Å². The molecule has 0 heterocycles. The number of aliphatic hydroxyl groups is 1. The van der Waals surface area contributed by atoms with Gasteiger partial charge in [-0.2, -0.15) is 0 Å². The Morgan fingerprint density at radius 2 is 0.484 bits per heavy atom. The zero-order valence-corrected chi connectivity index (χ0v) is 63.9. The van der Waals surface area contributed by atoms with Gasteiger partial charge in [-0.25, -0.2) is 9.13 Å². The number of phosphoric ester groups is 2. The molecular formula is C76H148O17P2. The number of phosphoric acid groups is 2. The van der Waals surface area contributed by atoms with Crippen molar-refractivity contribution < 1.29 is 80.2 Å². The maximum Gasteiger partial charge on any atom is 0.472 e. The molecule has 0 amide bonds. The molecule has 0 saturated carbocycles. The van der Waals surface area contributed by atoms with Crippen LogP contribution in [0.3, 0.4) is 0 Å². The van der Waals surface area contributed by atoms with E-state index in [0.29, 0.717) is 25.7 Å². The van der Waals surface area contributed by atoms with E-state index in [2.05, 4.69) is 48.5 Å². The van der Waals surface area contributed by atoms with Crippen LogP contribution in [-0.2, 0) is 65.4 Å². The van der Waals surface area contributed by atoms with Crippen molar-refractivity contribution in [3.8, 4) is 0 Å². The third-order valence-corrected chi connectivity index (χ3v) is 19.5. The Morgan fingerprint density at radius 3 is 0.716 bits per heavy atom. The SMILES string of the molecule is CCCCCCCCCCCC(=O)OC[C@H](COP(=O)(O)OC[C@H](O)COP(=O)(O)OC[C@@H](COC(=O)CCCCCCCCCCCCCCCC(C)C)OC(=O)CCCCCCCCCCCCCCCC(C)C)OC(=O)CCCCCCCCCCCCCC(C)C. The van der Waals surface area contributed by atoms with Crippen molar-refractivity contribution in [3.63, 3.8) is 0 Å². The lowest BCUT2D eigenvalue weighted by Crippen LogP contribution is -2.30. The van der Waals surface area contributed by atoms with Crippen molar-refractivity contribution in [2.75, 3.05) is 39.6 Å². The van der Waals surface area contributed by atoms with E-state index in [-0.39, 0.29) is 25.7 Å². The second kappa shape index (κ2) is 66.6. The first-order chi connectivity index (χ1) is 45.7. The molecule has 19 heteroatoms. The summed E-state index contributed by atoms with van der Waals surface area (Å²) in [6.07, 6.45) is 52.6. The molecule has 5 atom stereocenters. The summed E-state index contributed by atoms with van der Waals surface area (Å²) in [5.41, 5.74) is 0. The summed E-state index contributed by atoms with van der Waals surface area (Å²) in [4.78, 5) is 72.8. The highest BCUT2D eigenvalue weighted by atomic mass is 31.2. The van der Waals surface area contributed by atoms with Crippen molar-refractivity contribution >= 4 is 39.5 Å². The topological polar surface area (TPSA) is 237 Å². The Kier molecular flexibility index (Phi) is 65.2. The van der Waals surface area contributed by atoms with E-state index in [4.69, 9.17) is 37.0 Å². The minimum absolute atomic E-state index is 0.106. The monoisotopic (exact) mass is 1400 g/mol. The first-order valence-electron chi connectivity index (χ1n) is 39.3. The van der Waals surface area contributed by atoms with Gasteiger partial charge in [0.1, 0.15) is 19.3 Å². The molecule has 3 N–H and O–H groups in total. The fourth-order valence-electron chi connectivity index (χ4n) is 11.6. The fourth-order valence-corrected chi connectivity index (χ4v) is 13.2. The number of hydrogen-bond donors (Lipinski definition) is 3. The van der Waals surface area contributed by atoms with Crippen molar-refractivity contribution in [2.24, 2.45) is 17.8 Å². The molecule has 0 aromatic heterocycles. The molecule has 0 aliphatic carbocycles. The molecule has 0 aliphatic heterocycles. The van der Waals surface area contributed by atoms with Gasteiger partial charge >= 0.3 is 39.5 Å². The Labute approximate surface area is 581 Å². The summed E-state index contributed by atoms with van der Waals surface area (Å²) < 4.78 is 68.5. The van der Waals surface area contributed by atoms with Crippen LogP contribution in [0, 0.1) is 17.8 Å². The van der Waals surface area contributed by atoms with Gasteiger partial charge in [0.05, 0.1) is 26.4 Å². The molecule has 95 heavy (non-hydrogen) atoms. The maximum atomic E-state index is 13.1. The quantitative estimate of drug-likeness (QED) is 0.0222. The van der Waals surface area contributed by atoms with Crippen LogP contribution in [0.2, 0.25) is 0 Å². The highest BCUT2D eigenvalue weighted by Crippen LogP contribution is 2.45. The van der Waals surface area contributed by atoms with Crippen LogP contribution in [0.5, 0.6) is 0 Å². The van der Waals surface area contributed by atoms with Crippen molar-refractivity contribution in [1.82, 2.24) is 0 Å². The minimum atomic E-state index is -4.96. The first kappa shape index (κ1) is 93.1. The van der Waals surface area contributed by atoms with Crippen LogP contribution < -0.4 is 0 Å². The summed E-state index contributed by atoms with van der Waals surface area (Å²) in [5, 5.41) is 10.6. The Morgan fingerprint density at radius 1 is 0.284 bits per heavy atom. The van der Waals surface area contributed by atoms with Gasteiger partial charge in [0.2, 0.25) is 0 Å². The van der Waals surface area contributed by atoms with Crippen LogP contribution in [0.1, 0.15) is 389 Å². The Balaban J connectivity index is 5.24. The van der Waals surface area contributed by atoms with E-state index in [1.165, 1.54) is 199 Å². The summed E-state index contributed by atoms with van der Waals surface area (Å²) in [6.45, 7) is 11.9. The summed E-state index contributed by atoms with van der Waals surface area (Å²) in [5.74, 6) is 0.225. The molecule has 2 unspecified atom stereocenters. The standard InChI is InChI=1S/C76H148O17P2/c1-8-9-10-11-12-26-36-43-50-57-73(78)86-63-71(92-76(81)60-53-46-39-32-25-19-22-29-35-42-49-56-69(6)7)65-90-94(82,83)88-61-70(77)62-89-95(84,85)91-66-72(93-75(80)59-52-45-38-31-24-18-14-16-21-28-34-41-48-55-68(4)5)64-87-74(79)58-51-44-37-30-23-17-13-15-20-27-33-40-47-54-67(2)3/h67-72,77H,8-66H2,1-7H3,(H,82,83)(H,84,85)/t70-,71+,72+/m0/s1. The van der Waals surface area contributed by atoms with E-state index < -0.39 is 97.5 Å². The van der Waals surface area contributed by atoms with Crippen molar-refractivity contribution in [2.45, 2.75) is 407 Å². The highest BCUT2D eigenvalue weighted by molar-refractivity contribution is 7.47.